The lowest BCUT2D eigenvalue weighted by molar-refractivity contribution is -0.137. The molecule has 0 radical (unpaired) electrons. The predicted octanol–water partition coefficient (Wildman–Crippen LogP) is 3.36. The number of hydrogen-bond donors (Lipinski definition) is 1. The molecule has 1 aromatic rings. The third-order valence-corrected chi connectivity index (χ3v) is 3.87. The van der Waals surface area contributed by atoms with Gasteiger partial charge in [0.25, 0.3) is 0 Å². The van der Waals surface area contributed by atoms with E-state index < -0.39 is 5.97 Å². The molecule has 0 spiro atoms. The van der Waals surface area contributed by atoms with Crippen LogP contribution in [0.2, 0.25) is 4.34 Å². The Hall–Kier alpha value is -0.190. The lowest BCUT2D eigenvalue weighted by Crippen LogP contribution is -1.94. The van der Waals surface area contributed by atoms with Crippen molar-refractivity contribution in [1.29, 1.82) is 0 Å². The van der Waals surface area contributed by atoms with Crippen molar-refractivity contribution in [1.82, 2.24) is 0 Å². The van der Waals surface area contributed by atoms with Crippen molar-refractivity contribution in [2.45, 2.75) is 17.1 Å². The molecule has 0 atom stereocenters. The molecule has 0 saturated carbocycles. The second kappa shape index (κ2) is 5.52. The zero-order valence-corrected chi connectivity index (χ0v) is 9.21. The van der Waals surface area contributed by atoms with Crippen LogP contribution in [0.3, 0.4) is 0 Å². The van der Waals surface area contributed by atoms with E-state index in [2.05, 4.69) is 0 Å². The zero-order valence-electron chi connectivity index (χ0n) is 6.83. The molecule has 0 aliphatic carbocycles. The molecule has 0 fully saturated rings. The van der Waals surface area contributed by atoms with Gasteiger partial charge in [0.1, 0.15) is 0 Å². The van der Waals surface area contributed by atoms with Crippen LogP contribution in [-0.4, -0.2) is 16.8 Å². The van der Waals surface area contributed by atoms with Gasteiger partial charge < -0.3 is 5.11 Å². The van der Waals surface area contributed by atoms with Crippen molar-refractivity contribution < 1.29 is 9.90 Å². The highest BCUT2D eigenvalue weighted by Crippen LogP contribution is 2.30. The van der Waals surface area contributed by atoms with Crippen molar-refractivity contribution in [2.75, 3.05) is 5.75 Å². The van der Waals surface area contributed by atoms with Gasteiger partial charge >= 0.3 is 5.97 Å². The molecule has 0 bridgehead atoms. The number of carboxylic acid groups (broad SMARTS) is 1. The molecule has 2 nitrogen and oxygen atoms in total. The SMILES string of the molecule is O=C(O)CCCSc1ccc(Cl)s1. The molecule has 1 aromatic heterocycles. The first-order valence-corrected chi connectivity index (χ1v) is 5.96. The first-order chi connectivity index (χ1) is 6.18. The maximum Gasteiger partial charge on any atom is 0.303 e. The molecule has 0 aliphatic heterocycles. The van der Waals surface area contributed by atoms with Crippen molar-refractivity contribution in [3.63, 3.8) is 0 Å². The van der Waals surface area contributed by atoms with E-state index in [4.69, 9.17) is 16.7 Å². The summed E-state index contributed by atoms with van der Waals surface area (Å²) in [6.45, 7) is 0. The Morgan fingerprint density at radius 2 is 2.38 bits per heavy atom. The Morgan fingerprint density at radius 3 is 2.92 bits per heavy atom. The van der Waals surface area contributed by atoms with Crippen LogP contribution >= 0.6 is 34.7 Å². The molecule has 0 saturated heterocycles. The Morgan fingerprint density at radius 1 is 1.62 bits per heavy atom. The molecule has 1 heterocycles. The monoisotopic (exact) mass is 236 g/mol. The van der Waals surface area contributed by atoms with Gasteiger partial charge in [0.2, 0.25) is 0 Å². The second-order valence-electron chi connectivity index (χ2n) is 2.40. The molecule has 0 aromatic carbocycles. The standard InChI is InChI=1S/C8H9ClO2S2/c9-6-3-4-8(13-6)12-5-1-2-7(10)11/h3-4H,1-2,5H2,(H,10,11). The van der Waals surface area contributed by atoms with E-state index in [1.807, 2.05) is 12.1 Å². The van der Waals surface area contributed by atoms with Crippen molar-refractivity contribution in [2.24, 2.45) is 0 Å². The summed E-state index contributed by atoms with van der Waals surface area (Å²) < 4.78 is 1.93. The van der Waals surface area contributed by atoms with Gasteiger partial charge in [0.05, 0.1) is 8.55 Å². The summed E-state index contributed by atoms with van der Waals surface area (Å²) >= 11 is 8.92. The molecule has 0 amide bonds. The van der Waals surface area contributed by atoms with Gasteiger partial charge in [-0.3, -0.25) is 4.79 Å². The van der Waals surface area contributed by atoms with Crippen LogP contribution in [0.4, 0.5) is 0 Å². The number of aliphatic carboxylic acids is 1. The zero-order chi connectivity index (χ0) is 9.68. The van der Waals surface area contributed by atoms with E-state index in [-0.39, 0.29) is 6.42 Å². The molecule has 1 rings (SSSR count). The lowest BCUT2D eigenvalue weighted by Gasteiger charge is -1.95. The molecule has 13 heavy (non-hydrogen) atoms. The van der Waals surface area contributed by atoms with E-state index in [1.54, 1.807) is 11.8 Å². The van der Waals surface area contributed by atoms with E-state index in [9.17, 15) is 4.79 Å². The Labute approximate surface area is 89.9 Å². The number of rotatable bonds is 5. The summed E-state index contributed by atoms with van der Waals surface area (Å²) in [6.07, 6.45) is 0.946. The number of halogens is 1. The number of thiophene rings is 1. The van der Waals surface area contributed by atoms with Crippen LogP contribution in [0.1, 0.15) is 12.8 Å². The fourth-order valence-corrected chi connectivity index (χ4v) is 3.09. The predicted molar refractivity (Wildman–Crippen MR) is 56.9 cm³/mol. The van der Waals surface area contributed by atoms with Gasteiger partial charge in [-0.05, 0) is 24.3 Å². The maximum absolute atomic E-state index is 10.2. The highest BCUT2D eigenvalue weighted by atomic mass is 35.5. The highest BCUT2D eigenvalue weighted by Gasteiger charge is 2.00. The first-order valence-electron chi connectivity index (χ1n) is 3.78. The van der Waals surface area contributed by atoms with Crippen LogP contribution in [0, 0.1) is 0 Å². The topological polar surface area (TPSA) is 37.3 Å². The van der Waals surface area contributed by atoms with Crippen LogP contribution in [0.5, 0.6) is 0 Å². The van der Waals surface area contributed by atoms with Crippen LogP contribution < -0.4 is 0 Å². The lowest BCUT2D eigenvalue weighted by atomic mass is 10.3. The van der Waals surface area contributed by atoms with Crippen molar-refractivity contribution >= 4 is 40.7 Å². The smallest absolute Gasteiger partial charge is 0.303 e. The Kier molecular flexibility index (Phi) is 4.62. The molecular formula is C8H9ClO2S2. The third-order valence-electron chi connectivity index (χ3n) is 1.33. The Bertz CT molecular complexity index is 285. The third kappa shape index (κ3) is 4.55. The van der Waals surface area contributed by atoms with Gasteiger partial charge in [-0.15, -0.1) is 23.1 Å². The second-order valence-corrected chi connectivity index (χ2v) is 5.51. The minimum absolute atomic E-state index is 0.242. The van der Waals surface area contributed by atoms with E-state index in [0.717, 1.165) is 14.3 Å². The van der Waals surface area contributed by atoms with E-state index >= 15 is 0 Å². The Balaban J connectivity index is 2.16. The van der Waals surface area contributed by atoms with Crippen molar-refractivity contribution in [3.8, 4) is 0 Å². The average molecular weight is 237 g/mol. The summed E-state index contributed by atoms with van der Waals surface area (Å²) in [6, 6.07) is 3.81. The van der Waals surface area contributed by atoms with Crippen LogP contribution in [0.15, 0.2) is 16.3 Å². The maximum atomic E-state index is 10.2. The number of carbonyl (C=O) groups is 1. The fourth-order valence-electron chi connectivity index (χ4n) is 0.771. The molecule has 0 aliphatic rings. The molecule has 5 heteroatoms. The van der Waals surface area contributed by atoms with E-state index in [1.165, 1.54) is 11.3 Å². The number of carboxylic acids is 1. The van der Waals surface area contributed by atoms with Gasteiger partial charge in [-0.25, -0.2) is 0 Å². The van der Waals surface area contributed by atoms with Gasteiger partial charge in [0.15, 0.2) is 0 Å². The average Bonchev–Trinajstić information content (AvgIpc) is 2.45. The largest absolute Gasteiger partial charge is 0.481 e. The molecule has 1 N–H and O–H groups in total. The highest BCUT2D eigenvalue weighted by molar-refractivity contribution is 8.01. The minimum Gasteiger partial charge on any atom is -0.481 e. The summed E-state index contributed by atoms with van der Waals surface area (Å²) in [5, 5.41) is 8.39. The molecular weight excluding hydrogens is 228 g/mol. The quantitative estimate of drug-likeness (QED) is 0.629. The summed E-state index contributed by atoms with van der Waals surface area (Å²) in [5.74, 6) is 0.105. The van der Waals surface area contributed by atoms with Crippen molar-refractivity contribution in [3.05, 3.63) is 16.5 Å². The summed E-state index contributed by atoms with van der Waals surface area (Å²) in [5.41, 5.74) is 0. The van der Waals surface area contributed by atoms with Crippen LogP contribution in [-0.2, 0) is 4.79 Å². The summed E-state index contributed by atoms with van der Waals surface area (Å²) in [4.78, 5) is 10.2. The number of hydrogen-bond acceptors (Lipinski definition) is 3. The van der Waals surface area contributed by atoms with Crippen LogP contribution in [0.25, 0.3) is 0 Å². The van der Waals surface area contributed by atoms with E-state index in [0.29, 0.717) is 6.42 Å². The minimum atomic E-state index is -0.732. The summed E-state index contributed by atoms with van der Waals surface area (Å²) in [7, 11) is 0. The van der Waals surface area contributed by atoms with Gasteiger partial charge in [-0.1, -0.05) is 11.6 Å². The normalized spacial score (nSPS) is 10.2. The van der Waals surface area contributed by atoms with Gasteiger partial charge in [-0.2, -0.15) is 0 Å². The fraction of sp³-hybridized carbons (Fsp3) is 0.375. The molecule has 72 valence electrons. The van der Waals surface area contributed by atoms with Gasteiger partial charge in [0, 0.05) is 6.42 Å². The first kappa shape index (κ1) is 10.9. The molecule has 0 unspecified atom stereocenters. The number of thioether (sulfide) groups is 1.